The molecule has 1 unspecified atom stereocenters. The van der Waals surface area contributed by atoms with Gasteiger partial charge < -0.3 is 9.64 Å². The number of likely N-dealkylation sites (N-methyl/N-ethyl adjacent to an activating group) is 1. The zero-order valence-corrected chi connectivity index (χ0v) is 10.7. The van der Waals surface area contributed by atoms with E-state index in [1.54, 1.807) is 0 Å². The molecule has 2 saturated heterocycles. The highest BCUT2D eigenvalue weighted by molar-refractivity contribution is 5.96. The molecule has 0 saturated carbocycles. The molecular weight excluding hydrogens is 230 g/mol. The number of hydrogen-bond acceptors (Lipinski definition) is 4. The van der Waals surface area contributed by atoms with Crippen LogP contribution in [0, 0.1) is 0 Å². The lowest BCUT2D eigenvalue weighted by atomic mass is 10.0. The molecule has 0 aliphatic carbocycles. The number of hydrazine groups is 1. The van der Waals surface area contributed by atoms with Crippen LogP contribution in [-0.4, -0.2) is 53.8 Å². The molecule has 96 valence electrons. The Morgan fingerprint density at radius 1 is 1.50 bits per heavy atom. The maximum absolute atomic E-state index is 12.6. The quantitative estimate of drug-likeness (QED) is 0.631. The summed E-state index contributed by atoms with van der Waals surface area (Å²) in [5.74, 6) is 0.0735. The first-order valence-corrected chi connectivity index (χ1v) is 6.10. The van der Waals surface area contributed by atoms with Crippen LogP contribution in [0.2, 0.25) is 0 Å². The summed E-state index contributed by atoms with van der Waals surface area (Å²) in [4.78, 5) is 14.4. The minimum absolute atomic E-state index is 0.0150. The number of rotatable bonds is 0. The van der Waals surface area contributed by atoms with Gasteiger partial charge in [-0.1, -0.05) is 6.58 Å². The number of fused-ring (bicyclic) bond motifs is 2. The SMILES string of the molecule is C=C1C=CN2C(=C1C)C(=O)N1CCOCC1N2C. The number of carbonyl (C=O) groups excluding carboxylic acids is 1. The van der Waals surface area contributed by atoms with Crippen molar-refractivity contribution < 1.29 is 9.53 Å². The van der Waals surface area contributed by atoms with Crippen molar-refractivity contribution in [2.45, 2.75) is 13.1 Å². The molecule has 1 atom stereocenters. The van der Waals surface area contributed by atoms with E-state index >= 15 is 0 Å². The molecule has 5 heteroatoms. The highest BCUT2D eigenvalue weighted by Gasteiger charge is 2.42. The van der Waals surface area contributed by atoms with Gasteiger partial charge in [0.05, 0.1) is 13.2 Å². The smallest absolute Gasteiger partial charge is 0.273 e. The lowest BCUT2D eigenvalue weighted by molar-refractivity contribution is -0.174. The van der Waals surface area contributed by atoms with E-state index < -0.39 is 0 Å². The molecule has 1 amide bonds. The van der Waals surface area contributed by atoms with Gasteiger partial charge in [-0.3, -0.25) is 9.80 Å². The lowest BCUT2D eigenvalue weighted by Gasteiger charge is -2.51. The Hall–Kier alpha value is -1.59. The van der Waals surface area contributed by atoms with Gasteiger partial charge in [0, 0.05) is 19.8 Å². The Labute approximate surface area is 107 Å². The second kappa shape index (κ2) is 3.96. The summed E-state index contributed by atoms with van der Waals surface area (Å²) in [5.41, 5.74) is 2.55. The molecule has 0 spiro atoms. The van der Waals surface area contributed by atoms with E-state index in [-0.39, 0.29) is 12.1 Å². The molecule has 0 aromatic carbocycles. The van der Waals surface area contributed by atoms with Crippen LogP contribution in [0.25, 0.3) is 0 Å². The van der Waals surface area contributed by atoms with E-state index in [0.29, 0.717) is 25.5 Å². The fourth-order valence-electron chi connectivity index (χ4n) is 2.62. The highest BCUT2D eigenvalue weighted by atomic mass is 16.5. The van der Waals surface area contributed by atoms with Gasteiger partial charge in [-0.2, -0.15) is 5.01 Å². The van der Waals surface area contributed by atoms with Gasteiger partial charge in [0.2, 0.25) is 0 Å². The Kier molecular flexibility index (Phi) is 2.53. The summed E-state index contributed by atoms with van der Waals surface area (Å²) in [5, 5.41) is 3.95. The third kappa shape index (κ3) is 1.44. The zero-order chi connectivity index (χ0) is 12.9. The number of nitrogens with zero attached hydrogens (tertiary/aromatic N) is 3. The summed E-state index contributed by atoms with van der Waals surface area (Å²) >= 11 is 0. The van der Waals surface area contributed by atoms with Gasteiger partial charge >= 0.3 is 0 Å². The average Bonchev–Trinajstić information content (AvgIpc) is 2.39. The molecule has 0 N–H and O–H groups in total. The summed E-state index contributed by atoms with van der Waals surface area (Å²) in [7, 11) is 1.98. The van der Waals surface area contributed by atoms with Gasteiger partial charge in [0.25, 0.3) is 5.91 Å². The third-order valence-electron chi connectivity index (χ3n) is 3.82. The normalized spacial score (nSPS) is 28.7. The second-order valence-corrected chi connectivity index (χ2v) is 4.79. The van der Waals surface area contributed by atoms with Crippen LogP contribution in [0.1, 0.15) is 6.92 Å². The van der Waals surface area contributed by atoms with E-state index in [9.17, 15) is 4.79 Å². The number of carbonyl (C=O) groups is 1. The largest absolute Gasteiger partial charge is 0.376 e. The Morgan fingerprint density at radius 2 is 2.28 bits per heavy atom. The molecule has 0 bridgehead atoms. The molecule has 0 aromatic heterocycles. The predicted octanol–water partition coefficient (Wildman–Crippen LogP) is 0.691. The molecular formula is C13H17N3O2. The van der Waals surface area contributed by atoms with E-state index in [1.165, 1.54) is 0 Å². The van der Waals surface area contributed by atoms with E-state index in [2.05, 4.69) is 6.58 Å². The zero-order valence-electron chi connectivity index (χ0n) is 10.7. The first-order chi connectivity index (χ1) is 8.61. The van der Waals surface area contributed by atoms with Crippen molar-refractivity contribution in [3.05, 3.63) is 35.7 Å². The van der Waals surface area contributed by atoms with Gasteiger partial charge in [-0.05, 0) is 24.1 Å². The van der Waals surface area contributed by atoms with Crippen LogP contribution in [-0.2, 0) is 9.53 Å². The molecule has 2 fully saturated rings. The third-order valence-corrected chi connectivity index (χ3v) is 3.82. The molecule has 5 nitrogen and oxygen atoms in total. The van der Waals surface area contributed by atoms with Crippen molar-refractivity contribution in [3.8, 4) is 0 Å². The topological polar surface area (TPSA) is 36.0 Å². The summed E-state index contributed by atoms with van der Waals surface area (Å²) in [6.07, 6.45) is 3.81. The van der Waals surface area contributed by atoms with Crippen molar-refractivity contribution >= 4 is 5.91 Å². The fraction of sp³-hybridized carbons (Fsp3) is 0.462. The van der Waals surface area contributed by atoms with Gasteiger partial charge in [0.15, 0.2) is 0 Å². The van der Waals surface area contributed by atoms with Gasteiger partial charge in [-0.25, -0.2) is 0 Å². The molecule has 0 aromatic rings. The van der Waals surface area contributed by atoms with Crippen LogP contribution in [0.15, 0.2) is 35.7 Å². The molecule has 3 aliphatic rings. The number of hydrogen-bond donors (Lipinski definition) is 0. The van der Waals surface area contributed by atoms with Crippen molar-refractivity contribution in [1.29, 1.82) is 0 Å². The predicted molar refractivity (Wildman–Crippen MR) is 66.9 cm³/mol. The van der Waals surface area contributed by atoms with Crippen LogP contribution >= 0.6 is 0 Å². The number of allylic oxidation sites excluding steroid dienone is 3. The van der Waals surface area contributed by atoms with Crippen LogP contribution in [0.3, 0.4) is 0 Å². The van der Waals surface area contributed by atoms with Crippen LogP contribution in [0.5, 0.6) is 0 Å². The summed E-state index contributed by atoms with van der Waals surface area (Å²) in [6, 6.07) is 0. The van der Waals surface area contributed by atoms with E-state index in [1.807, 2.05) is 41.2 Å². The summed E-state index contributed by atoms with van der Waals surface area (Å²) in [6.45, 7) is 7.72. The number of morpholine rings is 1. The standard InChI is InChI=1S/C13H17N3O2/c1-9-4-5-16-12(10(9)2)13(17)15-6-7-18-8-11(15)14(16)3/h4-5,11H,1,6-8H2,2-3H3. The van der Waals surface area contributed by atoms with Crippen molar-refractivity contribution in [3.63, 3.8) is 0 Å². The van der Waals surface area contributed by atoms with E-state index in [0.717, 1.165) is 11.1 Å². The minimum atomic E-state index is -0.0150. The lowest BCUT2D eigenvalue weighted by Crippen LogP contribution is -2.65. The Balaban J connectivity index is 2.05. The molecule has 3 aliphatic heterocycles. The fourth-order valence-corrected chi connectivity index (χ4v) is 2.62. The van der Waals surface area contributed by atoms with Gasteiger partial charge in [0.1, 0.15) is 11.9 Å². The molecule has 18 heavy (non-hydrogen) atoms. The van der Waals surface area contributed by atoms with Crippen molar-refractivity contribution in [1.82, 2.24) is 14.9 Å². The molecule has 3 rings (SSSR count). The van der Waals surface area contributed by atoms with Crippen LogP contribution < -0.4 is 0 Å². The monoisotopic (exact) mass is 247 g/mol. The minimum Gasteiger partial charge on any atom is -0.376 e. The van der Waals surface area contributed by atoms with Crippen molar-refractivity contribution in [2.75, 3.05) is 26.8 Å². The first-order valence-electron chi connectivity index (χ1n) is 6.10. The number of ether oxygens (including phenoxy) is 1. The van der Waals surface area contributed by atoms with Gasteiger partial charge in [-0.15, -0.1) is 0 Å². The van der Waals surface area contributed by atoms with E-state index in [4.69, 9.17) is 4.74 Å². The second-order valence-electron chi connectivity index (χ2n) is 4.79. The maximum atomic E-state index is 12.6. The maximum Gasteiger partial charge on any atom is 0.273 e. The highest BCUT2D eigenvalue weighted by Crippen LogP contribution is 2.32. The Bertz CT molecular complexity index is 481. The molecule has 0 radical (unpaired) electrons. The average molecular weight is 247 g/mol. The number of amides is 1. The molecule has 3 heterocycles. The first kappa shape index (κ1) is 11.5. The Morgan fingerprint density at radius 3 is 3.06 bits per heavy atom. The summed E-state index contributed by atoms with van der Waals surface area (Å²) < 4.78 is 5.47. The van der Waals surface area contributed by atoms with Crippen molar-refractivity contribution in [2.24, 2.45) is 0 Å². The van der Waals surface area contributed by atoms with Crippen LogP contribution in [0.4, 0.5) is 0 Å².